The number of aromatic nitrogens is 1. The summed E-state index contributed by atoms with van der Waals surface area (Å²) in [6, 6.07) is 15.5. The molecule has 0 bridgehead atoms. The minimum Gasteiger partial charge on any atom is -0.343 e. The van der Waals surface area contributed by atoms with Gasteiger partial charge >= 0.3 is 0 Å². The van der Waals surface area contributed by atoms with Crippen molar-refractivity contribution in [3.05, 3.63) is 70.9 Å². The fraction of sp³-hybridized carbons (Fsp3) is 0.263. The standard InChI is InChI=1S/C19H22N2/c1-14-7-8-16(11-15(14)2)13-21-10-9-18-17(12-20-3)5-4-6-19(18)21/h4-11,20H,12-13H2,1-3H3. The monoisotopic (exact) mass is 278 g/mol. The van der Waals surface area contributed by atoms with Gasteiger partial charge in [-0.05, 0) is 55.3 Å². The van der Waals surface area contributed by atoms with E-state index in [1.807, 2.05) is 7.05 Å². The molecule has 1 aromatic heterocycles. The van der Waals surface area contributed by atoms with Crippen molar-refractivity contribution in [2.24, 2.45) is 0 Å². The van der Waals surface area contributed by atoms with Crippen molar-refractivity contribution in [1.82, 2.24) is 9.88 Å². The number of aryl methyl sites for hydroxylation is 2. The van der Waals surface area contributed by atoms with Crippen LogP contribution in [-0.4, -0.2) is 11.6 Å². The van der Waals surface area contributed by atoms with Crippen molar-refractivity contribution in [3.63, 3.8) is 0 Å². The van der Waals surface area contributed by atoms with E-state index in [0.717, 1.165) is 13.1 Å². The van der Waals surface area contributed by atoms with Crippen LogP contribution in [0, 0.1) is 13.8 Å². The second-order valence-corrected chi connectivity index (χ2v) is 5.74. The Morgan fingerprint density at radius 1 is 1.00 bits per heavy atom. The van der Waals surface area contributed by atoms with Crippen LogP contribution in [0.1, 0.15) is 22.3 Å². The predicted molar refractivity (Wildman–Crippen MR) is 89.7 cm³/mol. The van der Waals surface area contributed by atoms with Gasteiger partial charge in [0.2, 0.25) is 0 Å². The van der Waals surface area contributed by atoms with Crippen LogP contribution in [0.15, 0.2) is 48.7 Å². The summed E-state index contributed by atoms with van der Waals surface area (Å²) < 4.78 is 2.33. The molecule has 0 atom stereocenters. The van der Waals surface area contributed by atoms with Gasteiger partial charge in [0.25, 0.3) is 0 Å². The smallest absolute Gasteiger partial charge is 0.0486 e. The number of fused-ring (bicyclic) bond motifs is 1. The van der Waals surface area contributed by atoms with Crippen molar-refractivity contribution in [1.29, 1.82) is 0 Å². The Kier molecular flexibility index (Phi) is 3.80. The van der Waals surface area contributed by atoms with Gasteiger partial charge in [-0.1, -0.05) is 30.3 Å². The molecule has 108 valence electrons. The summed E-state index contributed by atoms with van der Waals surface area (Å²) in [5, 5.41) is 4.58. The van der Waals surface area contributed by atoms with Gasteiger partial charge in [0.15, 0.2) is 0 Å². The molecule has 0 aliphatic heterocycles. The molecule has 0 spiro atoms. The Morgan fingerprint density at radius 3 is 2.62 bits per heavy atom. The van der Waals surface area contributed by atoms with Gasteiger partial charge in [0.05, 0.1) is 0 Å². The van der Waals surface area contributed by atoms with Gasteiger partial charge in [-0.2, -0.15) is 0 Å². The second kappa shape index (κ2) is 5.74. The fourth-order valence-electron chi connectivity index (χ4n) is 2.87. The van der Waals surface area contributed by atoms with Crippen molar-refractivity contribution < 1.29 is 0 Å². The van der Waals surface area contributed by atoms with Gasteiger partial charge in [0.1, 0.15) is 0 Å². The van der Waals surface area contributed by atoms with Crippen LogP contribution >= 0.6 is 0 Å². The van der Waals surface area contributed by atoms with E-state index in [9.17, 15) is 0 Å². The first-order valence-corrected chi connectivity index (χ1v) is 7.46. The maximum atomic E-state index is 3.24. The van der Waals surface area contributed by atoms with Gasteiger partial charge < -0.3 is 9.88 Å². The van der Waals surface area contributed by atoms with Crippen molar-refractivity contribution in [2.75, 3.05) is 7.05 Å². The molecule has 1 heterocycles. The number of nitrogens with zero attached hydrogens (tertiary/aromatic N) is 1. The van der Waals surface area contributed by atoms with E-state index in [2.05, 4.69) is 72.4 Å². The quantitative estimate of drug-likeness (QED) is 0.762. The summed E-state index contributed by atoms with van der Waals surface area (Å²) in [7, 11) is 1.99. The molecule has 2 heteroatoms. The first-order chi connectivity index (χ1) is 10.2. The van der Waals surface area contributed by atoms with E-state index < -0.39 is 0 Å². The fourth-order valence-corrected chi connectivity index (χ4v) is 2.87. The van der Waals surface area contributed by atoms with Crippen molar-refractivity contribution in [2.45, 2.75) is 26.9 Å². The van der Waals surface area contributed by atoms with Crippen LogP contribution in [0.4, 0.5) is 0 Å². The van der Waals surface area contributed by atoms with E-state index >= 15 is 0 Å². The van der Waals surface area contributed by atoms with Crippen LogP contribution in [0.25, 0.3) is 10.9 Å². The average Bonchev–Trinajstić information content (AvgIpc) is 2.88. The largest absolute Gasteiger partial charge is 0.343 e. The lowest BCUT2D eigenvalue weighted by Crippen LogP contribution is -2.05. The molecular weight excluding hydrogens is 256 g/mol. The molecule has 0 aliphatic carbocycles. The number of nitrogens with one attached hydrogen (secondary N) is 1. The number of hydrogen-bond donors (Lipinski definition) is 1. The number of hydrogen-bond acceptors (Lipinski definition) is 1. The van der Waals surface area contributed by atoms with Crippen molar-refractivity contribution in [3.8, 4) is 0 Å². The highest BCUT2D eigenvalue weighted by molar-refractivity contribution is 5.83. The second-order valence-electron chi connectivity index (χ2n) is 5.74. The normalized spacial score (nSPS) is 11.2. The molecular formula is C19H22N2. The third-order valence-electron chi connectivity index (χ3n) is 4.20. The zero-order valence-electron chi connectivity index (χ0n) is 13.0. The lowest BCUT2D eigenvalue weighted by Gasteiger charge is -2.09. The molecule has 21 heavy (non-hydrogen) atoms. The molecule has 3 aromatic rings. The molecule has 0 unspecified atom stereocenters. The first kappa shape index (κ1) is 13.9. The molecule has 2 aromatic carbocycles. The van der Waals surface area contributed by atoms with E-state index in [1.54, 1.807) is 0 Å². The maximum Gasteiger partial charge on any atom is 0.0486 e. The molecule has 1 N–H and O–H groups in total. The topological polar surface area (TPSA) is 17.0 Å². The molecule has 0 fully saturated rings. The average molecular weight is 278 g/mol. The highest BCUT2D eigenvalue weighted by atomic mass is 15.0. The van der Waals surface area contributed by atoms with Gasteiger partial charge in [-0.3, -0.25) is 0 Å². The Labute approximate surface area is 126 Å². The third kappa shape index (κ3) is 2.72. The summed E-state index contributed by atoms with van der Waals surface area (Å²) in [5.74, 6) is 0. The van der Waals surface area contributed by atoms with Crippen LogP contribution < -0.4 is 5.32 Å². The Balaban J connectivity index is 1.97. The molecule has 0 aliphatic rings. The summed E-state index contributed by atoms with van der Waals surface area (Å²) in [4.78, 5) is 0. The zero-order chi connectivity index (χ0) is 14.8. The summed E-state index contributed by atoms with van der Waals surface area (Å²) in [5.41, 5.74) is 6.73. The Morgan fingerprint density at radius 2 is 1.86 bits per heavy atom. The molecule has 0 saturated carbocycles. The number of benzene rings is 2. The molecule has 2 nitrogen and oxygen atoms in total. The summed E-state index contributed by atoms with van der Waals surface area (Å²) in [6.07, 6.45) is 2.19. The minimum atomic E-state index is 0.908. The highest BCUT2D eigenvalue weighted by Gasteiger charge is 2.06. The van der Waals surface area contributed by atoms with Crippen LogP contribution in [0.5, 0.6) is 0 Å². The molecule has 0 saturated heterocycles. The van der Waals surface area contributed by atoms with Crippen LogP contribution in [0.3, 0.4) is 0 Å². The van der Waals surface area contributed by atoms with Gasteiger partial charge in [0, 0.05) is 30.2 Å². The summed E-state index contributed by atoms with van der Waals surface area (Å²) in [6.45, 7) is 6.17. The van der Waals surface area contributed by atoms with E-state index in [0.29, 0.717) is 0 Å². The maximum absolute atomic E-state index is 3.24. The molecule has 0 amide bonds. The van der Waals surface area contributed by atoms with E-state index in [1.165, 1.54) is 33.2 Å². The summed E-state index contributed by atoms with van der Waals surface area (Å²) >= 11 is 0. The van der Waals surface area contributed by atoms with Gasteiger partial charge in [-0.15, -0.1) is 0 Å². The number of rotatable bonds is 4. The first-order valence-electron chi connectivity index (χ1n) is 7.46. The minimum absolute atomic E-state index is 0.908. The third-order valence-corrected chi connectivity index (χ3v) is 4.20. The highest BCUT2D eigenvalue weighted by Crippen LogP contribution is 2.22. The van der Waals surface area contributed by atoms with Crippen LogP contribution in [-0.2, 0) is 13.1 Å². The lowest BCUT2D eigenvalue weighted by atomic mass is 10.1. The van der Waals surface area contributed by atoms with Crippen molar-refractivity contribution >= 4 is 10.9 Å². The van der Waals surface area contributed by atoms with Gasteiger partial charge in [-0.25, -0.2) is 0 Å². The Hall–Kier alpha value is -2.06. The van der Waals surface area contributed by atoms with E-state index in [-0.39, 0.29) is 0 Å². The Bertz CT molecular complexity index is 768. The molecule has 3 rings (SSSR count). The van der Waals surface area contributed by atoms with Crippen LogP contribution in [0.2, 0.25) is 0 Å². The molecule has 0 radical (unpaired) electrons. The predicted octanol–water partition coefficient (Wildman–Crippen LogP) is 4.03. The SMILES string of the molecule is CNCc1cccc2c1ccn2Cc1ccc(C)c(C)c1. The lowest BCUT2D eigenvalue weighted by molar-refractivity contribution is 0.820. The van der Waals surface area contributed by atoms with E-state index in [4.69, 9.17) is 0 Å². The zero-order valence-corrected chi connectivity index (χ0v) is 13.0.